The molecule has 1 fully saturated rings. The topological polar surface area (TPSA) is 144 Å². The number of carboxylic acid groups (broad SMARTS) is 1. The predicted molar refractivity (Wildman–Crippen MR) is 131 cm³/mol. The molecule has 4 rings (SSSR count). The number of carboxylic acids is 1. The largest absolute Gasteiger partial charge is 0.477 e. The van der Waals surface area contributed by atoms with Gasteiger partial charge in [-0.2, -0.15) is 0 Å². The molecule has 194 valence electrons. The summed E-state index contributed by atoms with van der Waals surface area (Å²) in [6, 6.07) is 0.323. The Balaban J connectivity index is 1.55. The monoisotopic (exact) mass is 502 g/mol. The van der Waals surface area contributed by atoms with E-state index in [0.717, 1.165) is 6.07 Å². The smallest absolute Gasteiger partial charge is 0.341 e. The van der Waals surface area contributed by atoms with E-state index in [1.54, 1.807) is 11.5 Å². The van der Waals surface area contributed by atoms with Gasteiger partial charge in [0.2, 0.25) is 11.3 Å². The highest BCUT2D eigenvalue weighted by molar-refractivity contribution is 5.95. The second-order valence-corrected chi connectivity index (χ2v) is 9.50. The summed E-state index contributed by atoms with van der Waals surface area (Å²) in [6.07, 6.45) is 3.33. The Hall–Kier alpha value is -3.47. The Morgan fingerprint density at radius 1 is 1.28 bits per heavy atom. The van der Waals surface area contributed by atoms with Crippen LogP contribution in [0.25, 0.3) is 10.9 Å². The third-order valence-electron chi connectivity index (χ3n) is 7.00. The SMILES string of the molecule is C[C@H](NC(=O)CCN)C(=O)OC1CCN(c2c(F)cc3c(=O)c(C(=O)O)cn4c3c2CC[C@@H]4C)CC1. The number of esters is 1. The number of carbonyl (C=O) groups is 3. The number of nitrogens with one attached hydrogen (secondary N) is 1. The number of amides is 1. The molecule has 1 saturated heterocycles. The number of benzene rings is 1. The van der Waals surface area contributed by atoms with E-state index in [-0.39, 0.29) is 42.0 Å². The van der Waals surface area contributed by atoms with E-state index >= 15 is 4.39 Å². The van der Waals surface area contributed by atoms with Crippen LogP contribution < -0.4 is 21.4 Å². The quantitative estimate of drug-likeness (QED) is 0.486. The van der Waals surface area contributed by atoms with Crippen LogP contribution in [0, 0.1) is 5.82 Å². The molecular formula is C25H31FN4O6. The van der Waals surface area contributed by atoms with Crippen LogP contribution in [0.4, 0.5) is 10.1 Å². The highest BCUT2D eigenvalue weighted by Gasteiger charge is 2.31. The summed E-state index contributed by atoms with van der Waals surface area (Å²) in [4.78, 5) is 50.3. The predicted octanol–water partition coefficient (Wildman–Crippen LogP) is 1.71. The van der Waals surface area contributed by atoms with Crippen molar-refractivity contribution in [1.29, 1.82) is 0 Å². The summed E-state index contributed by atoms with van der Waals surface area (Å²) in [6.45, 7) is 4.57. The van der Waals surface area contributed by atoms with Crippen LogP contribution in [0.2, 0.25) is 0 Å². The number of ether oxygens (including phenoxy) is 1. The molecule has 0 spiro atoms. The zero-order chi connectivity index (χ0) is 26.1. The maximum absolute atomic E-state index is 15.4. The van der Waals surface area contributed by atoms with Gasteiger partial charge in [0, 0.05) is 62.1 Å². The molecule has 10 nitrogen and oxygen atoms in total. The van der Waals surface area contributed by atoms with Gasteiger partial charge in [-0.15, -0.1) is 0 Å². The van der Waals surface area contributed by atoms with Crippen molar-refractivity contribution in [2.24, 2.45) is 5.73 Å². The van der Waals surface area contributed by atoms with Crippen LogP contribution >= 0.6 is 0 Å². The van der Waals surface area contributed by atoms with Gasteiger partial charge in [-0.1, -0.05) is 0 Å². The molecule has 2 aromatic rings. The number of nitrogens with two attached hydrogens (primary N) is 1. The number of carbonyl (C=O) groups excluding carboxylic acids is 2. The molecule has 0 aliphatic carbocycles. The number of anilines is 1. The van der Waals surface area contributed by atoms with Crippen molar-refractivity contribution in [3.8, 4) is 0 Å². The molecule has 11 heteroatoms. The molecule has 4 N–H and O–H groups in total. The maximum Gasteiger partial charge on any atom is 0.341 e. The van der Waals surface area contributed by atoms with Gasteiger partial charge in [-0.3, -0.25) is 9.59 Å². The van der Waals surface area contributed by atoms with Gasteiger partial charge >= 0.3 is 11.9 Å². The molecule has 36 heavy (non-hydrogen) atoms. The van der Waals surface area contributed by atoms with E-state index in [1.807, 2.05) is 11.8 Å². The van der Waals surface area contributed by atoms with Crippen LogP contribution in [-0.2, 0) is 20.7 Å². The average molecular weight is 503 g/mol. The Morgan fingerprint density at radius 3 is 2.61 bits per heavy atom. The number of nitrogens with zero attached hydrogens (tertiary/aromatic N) is 2. The summed E-state index contributed by atoms with van der Waals surface area (Å²) >= 11 is 0. The van der Waals surface area contributed by atoms with E-state index < -0.39 is 29.2 Å². The van der Waals surface area contributed by atoms with Gasteiger partial charge in [0.15, 0.2) is 0 Å². The number of halogens is 1. The van der Waals surface area contributed by atoms with E-state index in [4.69, 9.17) is 10.5 Å². The van der Waals surface area contributed by atoms with Crippen LogP contribution in [0.1, 0.15) is 61.5 Å². The molecule has 0 unspecified atom stereocenters. The van der Waals surface area contributed by atoms with Crippen LogP contribution in [0.15, 0.2) is 17.1 Å². The molecule has 1 amide bonds. The number of aromatic carboxylic acids is 1. The van der Waals surface area contributed by atoms with Gasteiger partial charge in [-0.25, -0.2) is 14.0 Å². The maximum atomic E-state index is 15.4. The highest BCUT2D eigenvalue weighted by Crippen LogP contribution is 2.39. The first-order valence-electron chi connectivity index (χ1n) is 12.2. The highest BCUT2D eigenvalue weighted by atomic mass is 19.1. The number of piperidine rings is 1. The lowest BCUT2D eigenvalue weighted by Crippen LogP contribution is -2.44. The van der Waals surface area contributed by atoms with Crippen molar-refractivity contribution in [1.82, 2.24) is 9.88 Å². The van der Waals surface area contributed by atoms with E-state index in [1.165, 1.54) is 6.20 Å². The fourth-order valence-electron chi connectivity index (χ4n) is 5.10. The summed E-state index contributed by atoms with van der Waals surface area (Å²) < 4.78 is 22.8. The van der Waals surface area contributed by atoms with Crippen LogP contribution in [0.5, 0.6) is 0 Å². The van der Waals surface area contributed by atoms with E-state index in [0.29, 0.717) is 55.5 Å². The fourth-order valence-corrected chi connectivity index (χ4v) is 5.10. The number of pyridine rings is 1. The molecule has 1 aromatic carbocycles. The lowest BCUT2D eigenvalue weighted by molar-refractivity contribution is -0.153. The Morgan fingerprint density at radius 2 is 1.97 bits per heavy atom. The minimum absolute atomic E-state index is 0.0329. The van der Waals surface area contributed by atoms with Gasteiger partial charge in [0.25, 0.3) is 0 Å². The molecule has 2 atom stereocenters. The summed E-state index contributed by atoms with van der Waals surface area (Å²) in [5, 5.41) is 12.1. The van der Waals surface area contributed by atoms with E-state index in [2.05, 4.69) is 5.32 Å². The van der Waals surface area contributed by atoms with Crippen LogP contribution in [0.3, 0.4) is 0 Å². The molecule has 3 heterocycles. The average Bonchev–Trinajstić information content (AvgIpc) is 2.83. The van der Waals surface area contributed by atoms with Crippen molar-refractivity contribution in [2.75, 3.05) is 24.5 Å². The Labute approximate surface area is 207 Å². The molecule has 1 aromatic heterocycles. The van der Waals surface area contributed by atoms with Crippen molar-refractivity contribution in [2.45, 2.75) is 64.1 Å². The Bertz CT molecular complexity index is 1270. The zero-order valence-electron chi connectivity index (χ0n) is 20.4. The molecule has 0 radical (unpaired) electrons. The molecule has 0 saturated carbocycles. The first-order valence-corrected chi connectivity index (χ1v) is 12.2. The number of hydrogen-bond donors (Lipinski definition) is 3. The van der Waals surface area contributed by atoms with E-state index in [9.17, 15) is 24.3 Å². The Kier molecular flexibility index (Phi) is 7.30. The first kappa shape index (κ1) is 25.6. The van der Waals surface area contributed by atoms with Gasteiger partial charge in [-0.05, 0) is 32.8 Å². The van der Waals surface area contributed by atoms with Crippen molar-refractivity contribution in [3.05, 3.63) is 39.4 Å². The zero-order valence-corrected chi connectivity index (χ0v) is 20.4. The molecule has 2 aliphatic heterocycles. The van der Waals surface area contributed by atoms with Crippen LogP contribution in [-0.4, -0.2) is 59.3 Å². The molecule has 0 bridgehead atoms. The van der Waals surface area contributed by atoms with Crippen molar-refractivity contribution in [3.63, 3.8) is 0 Å². The molecular weight excluding hydrogens is 471 g/mol. The third-order valence-corrected chi connectivity index (χ3v) is 7.00. The standard InChI is InChI=1S/C25H31FN4O6/c1-13-3-4-16-21-17(23(32)18(24(33)34)12-30(13)21)11-19(26)22(16)29-9-6-15(7-10-29)36-25(35)14(2)28-20(31)5-8-27/h11-15H,3-10,27H2,1-2H3,(H,28,31)(H,33,34)/t13-,14-/m0/s1. The summed E-state index contributed by atoms with van der Waals surface area (Å²) in [5.41, 5.74) is 5.98. The lowest BCUT2D eigenvalue weighted by atomic mass is 9.93. The summed E-state index contributed by atoms with van der Waals surface area (Å²) in [7, 11) is 0. The minimum atomic E-state index is -1.33. The van der Waals surface area contributed by atoms with Crippen molar-refractivity contribution < 1.29 is 28.6 Å². The second kappa shape index (κ2) is 10.3. The number of rotatable bonds is 7. The number of hydrogen-bond acceptors (Lipinski definition) is 7. The number of aryl methyl sites for hydroxylation is 1. The lowest BCUT2D eigenvalue weighted by Gasteiger charge is -2.37. The summed E-state index contributed by atoms with van der Waals surface area (Å²) in [5.74, 6) is -2.75. The fraction of sp³-hybridized carbons (Fsp3) is 0.520. The van der Waals surface area contributed by atoms with Gasteiger partial charge in [0.05, 0.1) is 11.2 Å². The minimum Gasteiger partial charge on any atom is -0.477 e. The number of aromatic nitrogens is 1. The van der Waals surface area contributed by atoms with Gasteiger partial charge < -0.3 is 30.4 Å². The third kappa shape index (κ3) is 4.79. The normalized spacial score (nSPS) is 18.7. The second-order valence-electron chi connectivity index (χ2n) is 9.50. The van der Waals surface area contributed by atoms with Crippen molar-refractivity contribution >= 4 is 34.4 Å². The first-order chi connectivity index (χ1) is 17.1. The van der Waals surface area contributed by atoms with Gasteiger partial charge in [0.1, 0.15) is 23.5 Å². The molecule has 2 aliphatic rings.